The lowest BCUT2D eigenvalue weighted by atomic mass is 9.92. The minimum atomic E-state index is -4.12. The minimum Gasteiger partial charge on any atom is -0.339 e. The summed E-state index contributed by atoms with van der Waals surface area (Å²) in [5.41, 5.74) is 0.153. The Bertz CT molecular complexity index is 715. The van der Waals surface area contributed by atoms with Gasteiger partial charge in [0.15, 0.2) is 0 Å². The number of carbonyl (C=O) groups is 1. The van der Waals surface area contributed by atoms with Crippen molar-refractivity contribution in [1.29, 1.82) is 0 Å². The third-order valence-corrected chi connectivity index (χ3v) is 5.74. The Labute approximate surface area is 147 Å². The molecule has 1 aromatic rings. The predicted molar refractivity (Wildman–Crippen MR) is 90.0 cm³/mol. The Morgan fingerprint density at radius 1 is 1.21 bits per heavy atom. The number of sulfonamides is 1. The summed E-state index contributed by atoms with van der Waals surface area (Å²) in [6.45, 7) is 3.26. The van der Waals surface area contributed by atoms with E-state index in [1.165, 1.54) is 6.07 Å². The number of halogens is 2. The van der Waals surface area contributed by atoms with E-state index in [4.69, 9.17) is 5.14 Å². The number of nitrogens with zero attached hydrogens (tertiary/aromatic N) is 1. The molecule has 0 aliphatic carbocycles. The molecule has 2 heterocycles. The van der Waals surface area contributed by atoms with E-state index in [1.807, 2.05) is 0 Å². The van der Waals surface area contributed by atoms with E-state index in [-0.39, 0.29) is 23.9 Å². The lowest BCUT2D eigenvalue weighted by Crippen LogP contribution is -2.33. The van der Waals surface area contributed by atoms with Gasteiger partial charge in [-0.05, 0) is 56.0 Å². The van der Waals surface area contributed by atoms with Gasteiger partial charge in [0.1, 0.15) is 10.7 Å². The number of hydrogen-bond acceptors (Lipinski definition) is 4. The second kappa shape index (κ2) is 7.35. The van der Waals surface area contributed by atoms with Crippen LogP contribution in [0, 0.1) is 17.7 Å². The number of carbonyl (C=O) groups excluding carboxylic acids is 1. The molecule has 2 atom stereocenters. The van der Waals surface area contributed by atoms with Gasteiger partial charge in [0, 0.05) is 18.7 Å². The normalized spacial score (nSPS) is 24.0. The average Bonchev–Trinajstić information content (AvgIpc) is 2.84. The number of fused-ring (bicyclic) bond motifs is 1. The van der Waals surface area contributed by atoms with Crippen molar-refractivity contribution in [2.75, 3.05) is 26.2 Å². The summed E-state index contributed by atoms with van der Waals surface area (Å²) in [7, 11) is -4.12. The van der Waals surface area contributed by atoms with Crippen molar-refractivity contribution in [2.24, 2.45) is 17.0 Å². The van der Waals surface area contributed by atoms with Crippen molar-refractivity contribution in [3.63, 3.8) is 0 Å². The highest BCUT2D eigenvalue weighted by Gasteiger charge is 2.31. The van der Waals surface area contributed by atoms with Gasteiger partial charge < -0.3 is 10.2 Å². The maximum absolute atomic E-state index is 13.9. The molecular formula is C15H21ClFN3O3S. The van der Waals surface area contributed by atoms with Crippen LogP contribution in [0.2, 0.25) is 0 Å². The summed E-state index contributed by atoms with van der Waals surface area (Å²) >= 11 is 0. The van der Waals surface area contributed by atoms with Crippen LogP contribution in [0.5, 0.6) is 0 Å². The lowest BCUT2D eigenvalue weighted by Gasteiger charge is -2.21. The molecule has 0 aromatic heterocycles. The summed E-state index contributed by atoms with van der Waals surface area (Å²) in [4.78, 5) is 13.7. The fraction of sp³-hybridized carbons (Fsp3) is 0.533. The first-order valence-corrected chi connectivity index (χ1v) is 9.23. The fourth-order valence-electron chi connectivity index (χ4n) is 3.47. The second-order valence-corrected chi connectivity index (χ2v) is 7.77. The molecule has 1 aromatic carbocycles. The average molecular weight is 378 g/mol. The van der Waals surface area contributed by atoms with Crippen molar-refractivity contribution < 1.29 is 17.6 Å². The Balaban J connectivity index is 0.00000208. The highest BCUT2D eigenvalue weighted by atomic mass is 35.5. The zero-order chi connectivity index (χ0) is 16.6. The topological polar surface area (TPSA) is 92.5 Å². The van der Waals surface area contributed by atoms with E-state index in [2.05, 4.69) is 5.32 Å². The lowest BCUT2D eigenvalue weighted by molar-refractivity contribution is 0.0758. The molecule has 134 valence electrons. The van der Waals surface area contributed by atoms with Gasteiger partial charge in [0.25, 0.3) is 5.91 Å². The molecular weight excluding hydrogens is 357 g/mol. The Kier molecular flexibility index (Phi) is 5.85. The molecule has 0 unspecified atom stereocenters. The summed E-state index contributed by atoms with van der Waals surface area (Å²) in [6, 6.07) is 3.32. The standard InChI is InChI=1S/C15H20FN3O3S.ClH/c16-13-7-10(1-2-14(13)23(17,21)22)15(20)19-5-3-11-8-18-9-12(11)4-6-19;/h1-2,7,11-12,18H,3-6,8-9H2,(H2,17,21,22);1H/t11-,12+;. The molecule has 1 amide bonds. The van der Waals surface area contributed by atoms with E-state index in [0.29, 0.717) is 24.9 Å². The molecule has 0 saturated carbocycles. The van der Waals surface area contributed by atoms with Crippen LogP contribution in [0.3, 0.4) is 0 Å². The van der Waals surface area contributed by atoms with Gasteiger partial charge >= 0.3 is 0 Å². The van der Waals surface area contributed by atoms with Gasteiger partial charge in [-0.2, -0.15) is 0 Å². The monoisotopic (exact) mass is 377 g/mol. The Morgan fingerprint density at radius 2 is 1.79 bits per heavy atom. The number of amides is 1. The smallest absolute Gasteiger partial charge is 0.253 e. The van der Waals surface area contributed by atoms with Crippen LogP contribution in [-0.2, 0) is 10.0 Å². The zero-order valence-corrected chi connectivity index (χ0v) is 14.7. The van der Waals surface area contributed by atoms with Crippen LogP contribution >= 0.6 is 12.4 Å². The fourth-order valence-corrected chi connectivity index (χ4v) is 4.06. The molecule has 3 rings (SSSR count). The van der Waals surface area contributed by atoms with E-state index in [0.717, 1.165) is 38.1 Å². The Hall–Kier alpha value is -1.22. The number of nitrogens with one attached hydrogen (secondary N) is 1. The third-order valence-electron chi connectivity index (χ3n) is 4.79. The first-order valence-electron chi connectivity index (χ1n) is 7.68. The molecule has 3 N–H and O–H groups in total. The first kappa shape index (κ1) is 19.1. The molecule has 24 heavy (non-hydrogen) atoms. The molecule has 2 aliphatic rings. The van der Waals surface area contributed by atoms with Crippen molar-refractivity contribution in [1.82, 2.24) is 10.2 Å². The number of benzene rings is 1. The SMILES string of the molecule is Cl.NS(=O)(=O)c1ccc(C(=O)N2CC[C@@H]3CNC[C@@H]3CC2)cc1F. The first-order chi connectivity index (χ1) is 10.9. The number of primary sulfonamides is 1. The van der Waals surface area contributed by atoms with Crippen molar-refractivity contribution in [2.45, 2.75) is 17.7 Å². The van der Waals surface area contributed by atoms with Gasteiger partial charge in [0.2, 0.25) is 10.0 Å². The van der Waals surface area contributed by atoms with Gasteiger partial charge in [-0.25, -0.2) is 17.9 Å². The maximum Gasteiger partial charge on any atom is 0.253 e. The van der Waals surface area contributed by atoms with Crippen molar-refractivity contribution in [3.05, 3.63) is 29.6 Å². The predicted octanol–water partition coefficient (Wildman–Crippen LogP) is 0.967. The quantitative estimate of drug-likeness (QED) is 0.803. The van der Waals surface area contributed by atoms with Gasteiger partial charge in [-0.1, -0.05) is 0 Å². The maximum atomic E-state index is 13.9. The summed E-state index contributed by atoms with van der Waals surface area (Å²) in [5.74, 6) is -0.0735. The van der Waals surface area contributed by atoms with E-state index < -0.39 is 20.7 Å². The van der Waals surface area contributed by atoms with Crippen LogP contribution in [0.25, 0.3) is 0 Å². The van der Waals surface area contributed by atoms with Crippen LogP contribution < -0.4 is 10.5 Å². The second-order valence-electron chi connectivity index (χ2n) is 6.24. The Morgan fingerprint density at radius 3 is 2.29 bits per heavy atom. The van der Waals surface area contributed by atoms with Crippen LogP contribution in [0.1, 0.15) is 23.2 Å². The van der Waals surface area contributed by atoms with Crippen molar-refractivity contribution >= 4 is 28.3 Å². The van der Waals surface area contributed by atoms with Crippen LogP contribution in [-0.4, -0.2) is 45.4 Å². The van der Waals surface area contributed by atoms with E-state index in [1.54, 1.807) is 4.90 Å². The minimum absolute atomic E-state index is 0. The summed E-state index contributed by atoms with van der Waals surface area (Å²) in [6.07, 6.45) is 1.86. The highest BCUT2D eigenvalue weighted by Crippen LogP contribution is 2.28. The molecule has 0 radical (unpaired) electrons. The summed E-state index contributed by atoms with van der Waals surface area (Å²) < 4.78 is 36.4. The van der Waals surface area contributed by atoms with Crippen molar-refractivity contribution in [3.8, 4) is 0 Å². The number of likely N-dealkylation sites (tertiary alicyclic amines) is 1. The molecule has 6 nitrogen and oxygen atoms in total. The van der Waals surface area contributed by atoms with Gasteiger partial charge in [0.05, 0.1) is 0 Å². The number of hydrogen-bond donors (Lipinski definition) is 2. The van der Waals surface area contributed by atoms with Gasteiger partial charge in [-0.15, -0.1) is 12.4 Å². The van der Waals surface area contributed by atoms with Crippen LogP contribution in [0.4, 0.5) is 4.39 Å². The van der Waals surface area contributed by atoms with Crippen LogP contribution in [0.15, 0.2) is 23.1 Å². The molecule has 9 heteroatoms. The highest BCUT2D eigenvalue weighted by molar-refractivity contribution is 7.89. The molecule has 0 spiro atoms. The zero-order valence-electron chi connectivity index (χ0n) is 13.1. The summed E-state index contributed by atoms with van der Waals surface area (Å²) in [5, 5.41) is 8.30. The van der Waals surface area contributed by atoms with Gasteiger partial charge in [-0.3, -0.25) is 4.79 Å². The molecule has 2 saturated heterocycles. The number of nitrogens with two attached hydrogens (primary N) is 1. The van der Waals surface area contributed by atoms with E-state index in [9.17, 15) is 17.6 Å². The molecule has 2 aliphatic heterocycles. The largest absolute Gasteiger partial charge is 0.339 e. The third kappa shape index (κ3) is 3.88. The molecule has 2 fully saturated rings. The number of rotatable bonds is 2. The molecule has 0 bridgehead atoms. The van der Waals surface area contributed by atoms with E-state index >= 15 is 0 Å².